The van der Waals surface area contributed by atoms with Crippen molar-refractivity contribution in [1.29, 1.82) is 5.26 Å². The molecule has 4 nitrogen and oxygen atoms in total. The molecule has 0 unspecified atom stereocenters. The van der Waals surface area contributed by atoms with Crippen molar-refractivity contribution in [2.75, 3.05) is 13.7 Å². The summed E-state index contributed by atoms with van der Waals surface area (Å²) in [6.07, 6.45) is 1.87. The lowest BCUT2D eigenvalue weighted by molar-refractivity contribution is -0.123. The van der Waals surface area contributed by atoms with E-state index in [4.69, 9.17) is 19.2 Å². The van der Waals surface area contributed by atoms with Crippen LogP contribution in [0, 0.1) is 17.2 Å². The number of ether oxygens (including phenoxy) is 2. The van der Waals surface area contributed by atoms with Gasteiger partial charge in [0.05, 0.1) is 18.8 Å². The van der Waals surface area contributed by atoms with Gasteiger partial charge >= 0.3 is 0 Å². The van der Waals surface area contributed by atoms with Crippen molar-refractivity contribution in [3.8, 4) is 6.07 Å². The summed E-state index contributed by atoms with van der Waals surface area (Å²) in [4.78, 5) is 0. The molecule has 0 N–H and O–H groups in total. The van der Waals surface area contributed by atoms with Crippen LogP contribution in [0.4, 0.5) is 0 Å². The molecule has 1 aliphatic rings. The summed E-state index contributed by atoms with van der Waals surface area (Å²) in [7, 11) is -0.918. The molecule has 1 heterocycles. The predicted molar refractivity (Wildman–Crippen MR) is 122 cm³/mol. The summed E-state index contributed by atoms with van der Waals surface area (Å²) in [5, 5.41) is 11.5. The van der Waals surface area contributed by atoms with E-state index in [0.29, 0.717) is 13.0 Å². The van der Waals surface area contributed by atoms with Crippen molar-refractivity contribution in [2.45, 2.75) is 57.5 Å². The zero-order chi connectivity index (χ0) is 21.6. The number of rotatable bonds is 8. The Hall–Kier alpha value is -1.97. The first-order chi connectivity index (χ1) is 14.4. The molecule has 0 amide bonds. The summed E-state index contributed by atoms with van der Waals surface area (Å²) in [5.74, 6) is 0.271. The third-order valence-electron chi connectivity index (χ3n) is 6.12. The highest BCUT2D eigenvalue weighted by Crippen LogP contribution is 2.38. The third-order valence-corrected chi connectivity index (χ3v) is 11.1. The van der Waals surface area contributed by atoms with Crippen molar-refractivity contribution < 1.29 is 13.9 Å². The van der Waals surface area contributed by atoms with Gasteiger partial charge in [0.15, 0.2) is 6.29 Å². The first kappa shape index (κ1) is 22.7. The van der Waals surface area contributed by atoms with E-state index in [1.165, 1.54) is 10.4 Å². The number of hydrogen-bond donors (Lipinski definition) is 0. The van der Waals surface area contributed by atoms with E-state index >= 15 is 0 Å². The quantitative estimate of drug-likeness (QED) is 0.596. The molecule has 0 spiro atoms. The second-order valence-electron chi connectivity index (χ2n) is 9.01. The Balaban J connectivity index is 1.96. The maximum atomic E-state index is 9.05. The average molecular weight is 424 g/mol. The van der Waals surface area contributed by atoms with Crippen LogP contribution in [0.5, 0.6) is 0 Å². The molecule has 2 aromatic rings. The number of nitriles is 1. The molecule has 5 heteroatoms. The highest BCUT2D eigenvalue weighted by molar-refractivity contribution is 6.99. The maximum absolute atomic E-state index is 9.05. The molecule has 0 radical (unpaired) electrons. The Kier molecular flexibility index (Phi) is 7.48. The zero-order valence-corrected chi connectivity index (χ0v) is 19.5. The molecule has 1 aliphatic heterocycles. The lowest BCUT2D eigenvalue weighted by Gasteiger charge is -2.43. The van der Waals surface area contributed by atoms with E-state index in [1.54, 1.807) is 7.11 Å². The molecule has 3 rings (SSSR count). The highest BCUT2D eigenvalue weighted by Gasteiger charge is 2.51. The van der Waals surface area contributed by atoms with E-state index in [-0.39, 0.29) is 23.4 Å². The lowest BCUT2D eigenvalue weighted by Crippen LogP contribution is -2.67. The summed E-state index contributed by atoms with van der Waals surface area (Å²) < 4.78 is 18.7. The molecule has 2 aromatic carbocycles. The Morgan fingerprint density at radius 1 is 1.03 bits per heavy atom. The average Bonchev–Trinajstić information content (AvgIpc) is 3.15. The van der Waals surface area contributed by atoms with Crippen molar-refractivity contribution in [3.05, 3.63) is 60.7 Å². The molecule has 0 aromatic heterocycles. The third kappa shape index (κ3) is 4.68. The van der Waals surface area contributed by atoms with Crippen molar-refractivity contribution in [1.82, 2.24) is 0 Å². The van der Waals surface area contributed by atoms with Crippen LogP contribution in [-0.4, -0.2) is 34.4 Å². The molecular weight excluding hydrogens is 390 g/mol. The van der Waals surface area contributed by atoms with Gasteiger partial charge in [-0.05, 0) is 27.8 Å². The number of benzene rings is 2. The normalized spacial score (nSPS) is 22.0. The Labute approximate surface area is 181 Å². The molecule has 0 bridgehead atoms. The van der Waals surface area contributed by atoms with Crippen LogP contribution in [0.3, 0.4) is 0 Å². The Morgan fingerprint density at radius 3 is 2.07 bits per heavy atom. The second-order valence-corrected chi connectivity index (χ2v) is 13.3. The number of methoxy groups -OCH3 is 1. The molecule has 1 fully saturated rings. The fraction of sp³-hybridized carbons (Fsp3) is 0.480. The van der Waals surface area contributed by atoms with Gasteiger partial charge in [-0.25, -0.2) is 0 Å². The van der Waals surface area contributed by atoms with Gasteiger partial charge in [0, 0.05) is 20.0 Å². The van der Waals surface area contributed by atoms with Crippen LogP contribution in [0.25, 0.3) is 0 Å². The van der Waals surface area contributed by atoms with E-state index in [1.807, 2.05) is 0 Å². The van der Waals surface area contributed by atoms with Crippen LogP contribution >= 0.6 is 0 Å². The SMILES string of the molecule is CO[C@@H]1C[C@H](CCC#N)[C@@H](CO[Si](c2ccccc2)(c2ccccc2)C(C)(C)C)O1. The molecule has 0 aliphatic carbocycles. The topological polar surface area (TPSA) is 51.5 Å². The van der Waals surface area contributed by atoms with E-state index in [0.717, 1.165) is 12.8 Å². The van der Waals surface area contributed by atoms with Gasteiger partial charge in [-0.1, -0.05) is 81.4 Å². The predicted octanol–water partition coefficient (Wildman–Crippen LogP) is 4.24. The summed E-state index contributed by atoms with van der Waals surface area (Å²) in [6, 6.07) is 23.6. The van der Waals surface area contributed by atoms with Crippen LogP contribution in [0.1, 0.15) is 40.0 Å². The van der Waals surface area contributed by atoms with E-state index in [2.05, 4.69) is 87.5 Å². The monoisotopic (exact) mass is 423 g/mol. The van der Waals surface area contributed by atoms with Crippen molar-refractivity contribution in [2.24, 2.45) is 5.92 Å². The smallest absolute Gasteiger partial charge is 0.261 e. The number of nitrogens with zero attached hydrogens (tertiary/aromatic N) is 1. The fourth-order valence-electron chi connectivity index (χ4n) is 4.61. The van der Waals surface area contributed by atoms with Crippen LogP contribution in [0.15, 0.2) is 60.7 Å². The maximum Gasteiger partial charge on any atom is 0.261 e. The molecule has 30 heavy (non-hydrogen) atoms. The van der Waals surface area contributed by atoms with Gasteiger partial charge < -0.3 is 13.9 Å². The van der Waals surface area contributed by atoms with E-state index < -0.39 is 8.32 Å². The molecule has 3 atom stereocenters. The van der Waals surface area contributed by atoms with Gasteiger partial charge in [0.25, 0.3) is 8.32 Å². The minimum Gasteiger partial charge on any atom is -0.405 e. The van der Waals surface area contributed by atoms with Gasteiger partial charge in [0.1, 0.15) is 0 Å². The van der Waals surface area contributed by atoms with Crippen molar-refractivity contribution >= 4 is 18.7 Å². The lowest BCUT2D eigenvalue weighted by atomic mass is 9.96. The van der Waals surface area contributed by atoms with Gasteiger partial charge in [-0.15, -0.1) is 0 Å². The standard InChI is InChI=1S/C25H33NO3Si/c1-25(2,3)30(21-13-7-5-8-14-21,22-15-9-6-10-16-22)28-19-23-20(12-11-17-26)18-24(27-4)29-23/h5-10,13-16,20,23-24H,11-12,18-19H2,1-4H3/t20-,23+,24-/m0/s1. The van der Waals surface area contributed by atoms with Crippen molar-refractivity contribution in [3.63, 3.8) is 0 Å². The Bertz CT molecular complexity index is 789. The minimum absolute atomic E-state index is 0.0649. The van der Waals surface area contributed by atoms with Gasteiger partial charge in [-0.3, -0.25) is 0 Å². The van der Waals surface area contributed by atoms with Gasteiger partial charge in [0.2, 0.25) is 0 Å². The van der Waals surface area contributed by atoms with Crippen LogP contribution < -0.4 is 10.4 Å². The summed E-state index contributed by atoms with van der Waals surface area (Å²) in [5.41, 5.74) is 0. The highest BCUT2D eigenvalue weighted by atomic mass is 28.4. The van der Waals surface area contributed by atoms with Crippen LogP contribution in [0.2, 0.25) is 5.04 Å². The first-order valence-corrected chi connectivity index (χ1v) is 12.6. The minimum atomic E-state index is -2.60. The molecule has 1 saturated heterocycles. The van der Waals surface area contributed by atoms with Crippen LogP contribution in [-0.2, 0) is 13.9 Å². The number of hydrogen-bond acceptors (Lipinski definition) is 4. The largest absolute Gasteiger partial charge is 0.405 e. The van der Waals surface area contributed by atoms with E-state index in [9.17, 15) is 0 Å². The Morgan fingerprint density at radius 2 is 1.60 bits per heavy atom. The zero-order valence-electron chi connectivity index (χ0n) is 18.5. The first-order valence-electron chi connectivity index (χ1n) is 10.7. The molecular formula is C25H33NO3Si. The summed E-state index contributed by atoms with van der Waals surface area (Å²) >= 11 is 0. The van der Waals surface area contributed by atoms with Gasteiger partial charge in [-0.2, -0.15) is 5.26 Å². The molecule has 160 valence electrons. The second kappa shape index (κ2) is 9.89. The summed E-state index contributed by atoms with van der Waals surface area (Å²) in [6.45, 7) is 7.34. The molecule has 0 saturated carbocycles. The fourth-order valence-corrected chi connectivity index (χ4v) is 9.18.